The monoisotopic (exact) mass is 270 g/mol. The molecule has 0 radical (unpaired) electrons. The van der Waals surface area contributed by atoms with Gasteiger partial charge in [-0.25, -0.2) is 0 Å². The molecule has 0 spiro atoms. The summed E-state index contributed by atoms with van der Waals surface area (Å²) in [5.74, 6) is -0.118. The normalized spacial score (nSPS) is 10.1. The van der Waals surface area contributed by atoms with Gasteiger partial charge in [0.15, 0.2) is 0 Å². The molecule has 3 N–H and O–H groups in total. The fraction of sp³-hybridized carbons (Fsp3) is 0.200. The van der Waals surface area contributed by atoms with E-state index in [-0.39, 0.29) is 5.91 Å². The topological polar surface area (TPSA) is 71.2 Å². The number of nitrogens with zero attached hydrogens (tertiary/aromatic N) is 2. The van der Waals surface area contributed by atoms with E-state index < -0.39 is 0 Å². The number of pyridine rings is 1. The second kappa shape index (κ2) is 6.06. The van der Waals surface area contributed by atoms with Crippen molar-refractivity contribution in [3.8, 4) is 0 Å². The number of hydrogen-bond acceptors (Lipinski definition) is 4. The van der Waals surface area contributed by atoms with Crippen LogP contribution in [0.1, 0.15) is 16.1 Å². The zero-order valence-corrected chi connectivity index (χ0v) is 11.6. The molecule has 20 heavy (non-hydrogen) atoms. The lowest BCUT2D eigenvalue weighted by Crippen LogP contribution is -2.22. The second-order valence-electron chi connectivity index (χ2n) is 4.68. The van der Waals surface area contributed by atoms with Crippen molar-refractivity contribution in [2.24, 2.45) is 0 Å². The molecular weight excluding hydrogens is 252 g/mol. The Bertz CT molecular complexity index is 610. The number of nitrogens with two attached hydrogens (primary N) is 1. The van der Waals surface area contributed by atoms with E-state index in [2.05, 4.69) is 10.3 Å². The van der Waals surface area contributed by atoms with Gasteiger partial charge < -0.3 is 16.0 Å². The maximum atomic E-state index is 11.8. The average Bonchev–Trinajstić information content (AvgIpc) is 2.46. The molecule has 1 amide bonds. The van der Waals surface area contributed by atoms with Gasteiger partial charge in [0.25, 0.3) is 5.91 Å². The molecule has 5 nitrogen and oxygen atoms in total. The molecule has 0 saturated carbocycles. The highest BCUT2D eigenvalue weighted by atomic mass is 16.2. The van der Waals surface area contributed by atoms with Gasteiger partial charge in [0.1, 0.15) is 5.69 Å². The van der Waals surface area contributed by atoms with Crippen molar-refractivity contribution in [3.63, 3.8) is 0 Å². The molecule has 0 aliphatic carbocycles. The molecule has 1 aromatic carbocycles. The summed E-state index contributed by atoms with van der Waals surface area (Å²) in [5.41, 5.74) is 8.92. The number of benzene rings is 1. The van der Waals surface area contributed by atoms with Crippen molar-refractivity contribution < 1.29 is 4.79 Å². The minimum Gasteiger partial charge on any atom is -0.398 e. The van der Waals surface area contributed by atoms with Crippen LogP contribution in [0.5, 0.6) is 0 Å². The van der Waals surface area contributed by atoms with Crippen molar-refractivity contribution in [2.45, 2.75) is 6.54 Å². The van der Waals surface area contributed by atoms with E-state index in [0.29, 0.717) is 12.2 Å². The smallest absolute Gasteiger partial charge is 0.272 e. The van der Waals surface area contributed by atoms with Crippen LogP contribution in [0.3, 0.4) is 0 Å². The summed E-state index contributed by atoms with van der Waals surface area (Å²) >= 11 is 0. The number of para-hydroxylation sites is 1. The molecule has 0 atom stereocenters. The van der Waals surface area contributed by atoms with Crippen LogP contribution in [0.25, 0.3) is 0 Å². The Labute approximate surface area is 118 Å². The van der Waals surface area contributed by atoms with E-state index in [9.17, 15) is 4.79 Å². The van der Waals surface area contributed by atoms with Crippen molar-refractivity contribution in [1.29, 1.82) is 0 Å². The number of rotatable bonds is 4. The SMILES string of the molecule is CN(C)C(=O)c1cc(NCc2ccccc2N)ccn1. The lowest BCUT2D eigenvalue weighted by molar-refractivity contribution is 0.0822. The summed E-state index contributed by atoms with van der Waals surface area (Å²) in [6.07, 6.45) is 1.62. The first-order valence-corrected chi connectivity index (χ1v) is 6.33. The van der Waals surface area contributed by atoms with Gasteiger partial charge in [-0.1, -0.05) is 18.2 Å². The van der Waals surface area contributed by atoms with E-state index >= 15 is 0 Å². The Morgan fingerprint density at radius 1 is 1.30 bits per heavy atom. The summed E-state index contributed by atoms with van der Waals surface area (Å²) in [4.78, 5) is 17.4. The summed E-state index contributed by atoms with van der Waals surface area (Å²) in [5, 5.41) is 3.25. The van der Waals surface area contributed by atoms with E-state index in [1.54, 1.807) is 26.4 Å². The number of nitrogens with one attached hydrogen (secondary N) is 1. The highest BCUT2D eigenvalue weighted by Crippen LogP contribution is 2.14. The third kappa shape index (κ3) is 3.26. The highest BCUT2D eigenvalue weighted by Gasteiger charge is 2.09. The maximum Gasteiger partial charge on any atom is 0.272 e. The molecule has 1 heterocycles. The third-order valence-corrected chi connectivity index (χ3v) is 2.92. The van der Waals surface area contributed by atoms with Crippen LogP contribution in [0.15, 0.2) is 42.6 Å². The first-order valence-electron chi connectivity index (χ1n) is 6.33. The molecule has 0 aliphatic heterocycles. The number of nitrogen functional groups attached to an aromatic ring is 1. The van der Waals surface area contributed by atoms with Gasteiger partial charge in [0, 0.05) is 38.2 Å². The quantitative estimate of drug-likeness (QED) is 0.833. The Hall–Kier alpha value is -2.56. The molecule has 2 rings (SSSR count). The molecule has 5 heteroatoms. The summed E-state index contributed by atoms with van der Waals surface area (Å²) in [7, 11) is 3.41. The minimum absolute atomic E-state index is 0.118. The van der Waals surface area contributed by atoms with Crippen molar-refractivity contribution >= 4 is 17.3 Å². The summed E-state index contributed by atoms with van der Waals surface area (Å²) in [6, 6.07) is 11.2. The molecule has 0 unspecified atom stereocenters. The van der Waals surface area contributed by atoms with Gasteiger partial charge in [-0.3, -0.25) is 9.78 Å². The number of carbonyl (C=O) groups is 1. The number of anilines is 2. The number of hydrogen-bond donors (Lipinski definition) is 2. The zero-order valence-electron chi connectivity index (χ0n) is 11.6. The van der Waals surface area contributed by atoms with Gasteiger partial charge in [-0.05, 0) is 23.8 Å². The van der Waals surface area contributed by atoms with Crippen LogP contribution in [-0.2, 0) is 6.54 Å². The van der Waals surface area contributed by atoms with Gasteiger partial charge in [0.05, 0.1) is 0 Å². The molecule has 0 bridgehead atoms. The second-order valence-corrected chi connectivity index (χ2v) is 4.68. The van der Waals surface area contributed by atoms with Crippen LogP contribution in [0.2, 0.25) is 0 Å². The molecular formula is C15H18N4O. The van der Waals surface area contributed by atoms with Gasteiger partial charge in [0.2, 0.25) is 0 Å². The largest absolute Gasteiger partial charge is 0.398 e. The van der Waals surface area contributed by atoms with E-state index in [1.807, 2.05) is 30.3 Å². The third-order valence-electron chi connectivity index (χ3n) is 2.92. The summed E-state index contributed by atoms with van der Waals surface area (Å²) in [6.45, 7) is 0.603. The fourth-order valence-electron chi connectivity index (χ4n) is 1.78. The van der Waals surface area contributed by atoms with Crippen LogP contribution in [0.4, 0.5) is 11.4 Å². The Kier molecular flexibility index (Phi) is 4.20. The van der Waals surface area contributed by atoms with E-state index in [4.69, 9.17) is 5.73 Å². The Balaban J connectivity index is 2.09. The standard InChI is InChI=1S/C15H18N4O/c1-19(2)15(20)14-9-12(7-8-17-14)18-10-11-5-3-4-6-13(11)16/h3-9H,10,16H2,1-2H3,(H,17,18). The van der Waals surface area contributed by atoms with Gasteiger partial charge >= 0.3 is 0 Å². The lowest BCUT2D eigenvalue weighted by Gasteiger charge is -2.12. The number of aromatic nitrogens is 1. The predicted octanol–water partition coefficient (Wildman–Crippen LogP) is 1.98. The lowest BCUT2D eigenvalue weighted by atomic mass is 10.2. The predicted molar refractivity (Wildman–Crippen MR) is 80.4 cm³/mol. The molecule has 0 saturated heterocycles. The number of amides is 1. The zero-order chi connectivity index (χ0) is 14.5. The van der Waals surface area contributed by atoms with Crippen molar-refractivity contribution in [2.75, 3.05) is 25.1 Å². The number of carbonyl (C=O) groups excluding carboxylic acids is 1. The van der Waals surface area contributed by atoms with Crippen LogP contribution in [0, 0.1) is 0 Å². The minimum atomic E-state index is -0.118. The molecule has 104 valence electrons. The first kappa shape index (κ1) is 13.9. The maximum absolute atomic E-state index is 11.8. The van der Waals surface area contributed by atoms with Crippen molar-refractivity contribution in [1.82, 2.24) is 9.88 Å². The molecule has 0 fully saturated rings. The molecule has 0 aliphatic rings. The van der Waals surface area contributed by atoms with Crippen LogP contribution in [-0.4, -0.2) is 29.9 Å². The first-order chi connectivity index (χ1) is 9.58. The fourth-order valence-corrected chi connectivity index (χ4v) is 1.78. The molecule has 1 aromatic heterocycles. The van der Waals surface area contributed by atoms with Crippen LogP contribution < -0.4 is 11.1 Å². The van der Waals surface area contributed by atoms with Gasteiger partial charge in [-0.15, -0.1) is 0 Å². The van der Waals surface area contributed by atoms with E-state index in [0.717, 1.165) is 16.9 Å². The molecule has 2 aromatic rings. The Morgan fingerprint density at radius 3 is 2.75 bits per heavy atom. The Morgan fingerprint density at radius 2 is 2.05 bits per heavy atom. The summed E-state index contributed by atoms with van der Waals surface area (Å²) < 4.78 is 0. The van der Waals surface area contributed by atoms with E-state index in [1.165, 1.54) is 4.90 Å². The highest BCUT2D eigenvalue weighted by molar-refractivity contribution is 5.92. The van der Waals surface area contributed by atoms with Gasteiger partial charge in [-0.2, -0.15) is 0 Å². The average molecular weight is 270 g/mol. The van der Waals surface area contributed by atoms with Crippen molar-refractivity contribution in [3.05, 3.63) is 53.9 Å². The van der Waals surface area contributed by atoms with Crippen LogP contribution >= 0.6 is 0 Å².